The molecule has 0 nitrogen and oxygen atoms in total. The Hall–Kier alpha value is 3.03. The second kappa shape index (κ2) is 121. The van der Waals surface area contributed by atoms with Gasteiger partial charge >= 0.3 is 21.7 Å². The third kappa shape index (κ3) is 97.8. The number of hydrogen-bond donors (Lipinski definition) is 0. The van der Waals surface area contributed by atoms with Gasteiger partial charge in [0.1, 0.15) is 0 Å². The zero-order chi connectivity index (χ0) is 0. The molecule has 0 saturated carbocycles. The van der Waals surface area contributed by atoms with E-state index in [0.29, 0.717) is 0 Å². The topological polar surface area (TPSA) is 0 Å². The molecule has 0 aliphatic rings. The minimum atomic E-state index is 0. The molecule has 0 unspecified atom stereocenters. The van der Waals surface area contributed by atoms with Gasteiger partial charge in [0, 0.05) is 0 Å². The van der Waals surface area contributed by atoms with Crippen LogP contribution in [-0.4, -0.2) is 0 Å². The average molecular weight is 336 g/mol. The van der Waals surface area contributed by atoms with Gasteiger partial charge in [-0.25, -0.2) is 0 Å². The van der Waals surface area contributed by atoms with Gasteiger partial charge < -0.3 is 49.6 Å². The molecule has 0 atom stereocenters. The normalized spacial score (nSPS) is 0. The summed E-state index contributed by atoms with van der Waals surface area (Å²) in [4.78, 5) is 0. The molecule has 0 fully saturated rings. The molecule has 0 radical (unpaired) electrons. The van der Waals surface area contributed by atoms with Crippen molar-refractivity contribution in [3.05, 3.63) is 0 Å². The fraction of sp³-hybridized carbons (Fsp3) is 0. The van der Waals surface area contributed by atoms with Crippen LogP contribution in [0.3, 0.4) is 0 Å². The summed E-state index contributed by atoms with van der Waals surface area (Å²) in [5, 5.41) is 0. The summed E-state index contributed by atoms with van der Waals surface area (Å²) >= 11 is 0. The van der Waals surface area contributed by atoms with Crippen molar-refractivity contribution >= 4 is 49.6 Å². The minimum Gasteiger partial charge on any atom is -1.00 e. The van der Waals surface area contributed by atoms with E-state index < -0.39 is 0 Å². The van der Waals surface area contributed by atoms with E-state index in [0.717, 1.165) is 0 Å². The summed E-state index contributed by atoms with van der Waals surface area (Å²) < 4.78 is 0. The van der Waals surface area contributed by atoms with Gasteiger partial charge in [-0.05, 0) is 0 Å². The van der Waals surface area contributed by atoms with Gasteiger partial charge in [-0.15, -0.1) is 49.6 Å². The van der Waals surface area contributed by atoms with Gasteiger partial charge in [-0.2, -0.15) is 0 Å². The molecule has 0 amide bonds. The maximum atomic E-state index is 0. The Bertz CT molecular complexity index is 4.53. The molecule has 0 rings (SSSR count). The summed E-state index contributed by atoms with van der Waals surface area (Å²) in [5.41, 5.74) is 0. The Morgan fingerprint density at radius 2 is 0.333 bits per heavy atom. The monoisotopic (exact) mass is 332 g/mol. The van der Waals surface area contributed by atoms with E-state index in [9.17, 15) is 0 Å². The third-order valence-corrected chi connectivity index (χ3v) is 0. The fourth-order valence-corrected chi connectivity index (χ4v) is 0. The van der Waals surface area contributed by atoms with Gasteiger partial charge in [0.15, 0.2) is 0 Å². The van der Waals surface area contributed by atoms with E-state index >= 15 is 0 Å². The van der Waals surface area contributed by atoms with Crippen LogP contribution in [0.4, 0.5) is 0 Å². The predicted octanol–water partition coefficient (Wildman–Crippen LogP) is -10.3. The molecule has 0 saturated heterocycles. The van der Waals surface area contributed by atoms with Crippen molar-refractivity contribution < 1.29 is 71.3 Å². The summed E-state index contributed by atoms with van der Waals surface area (Å²) in [6.45, 7) is 0. The zero-order valence-electron chi connectivity index (χ0n) is 3.64. The zero-order valence-corrected chi connectivity index (χ0v) is 11.5. The van der Waals surface area contributed by atoms with Crippen LogP contribution >= 0.6 is 49.6 Å². The SMILES string of the molecule is Cl.Cl.Cl.Cl.[Cl-].[Cl-].[Cl-].[Cl-].[Ti+4]. The van der Waals surface area contributed by atoms with E-state index in [1.807, 2.05) is 0 Å². The molecular weight excluding hydrogens is 331 g/mol. The molecular formula is H4Cl8Ti. The van der Waals surface area contributed by atoms with E-state index in [4.69, 9.17) is 0 Å². The molecule has 9 heavy (non-hydrogen) atoms. The van der Waals surface area contributed by atoms with Crippen LogP contribution in [0.15, 0.2) is 0 Å². The van der Waals surface area contributed by atoms with E-state index in [1.165, 1.54) is 0 Å². The molecule has 0 aromatic rings. The molecule has 0 aromatic carbocycles. The molecule has 0 bridgehead atoms. The van der Waals surface area contributed by atoms with Crippen LogP contribution in [0.2, 0.25) is 0 Å². The van der Waals surface area contributed by atoms with Crippen LogP contribution in [-0.2, 0) is 21.7 Å². The number of hydrogen-bond acceptors (Lipinski definition) is 0. The van der Waals surface area contributed by atoms with Gasteiger partial charge in [0.05, 0.1) is 0 Å². The first-order chi connectivity index (χ1) is 0. The van der Waals surface area contributed by atoms with Crippen LogP contribution in [0.5, 0.6) is 0 Å². The Labute approximate surface area is 120 Å². The molecule has 0 N–H and O–H groups in total. The molecule has 0 aromatic heterocycles. The first-order valence-electron chi connectivity index (χ1n) is 0. The molecule has 9 heteroatoms. The van der Waals surface area contributed by atoms with Crippen LogP contribution < -0.4 is 49.6 Å². The summed E-state index contributed by atoms with van der Waals surface area (Å²) in [7, 11) is 0. The first kappa shape index (κ1) is 159. The largest absolute Gasteiger partial charge is 4.00 e. The van der Waals surface area contributed by atoms with Crippen molar-refractivity contribution in [1.29, 1.82) is 0 Å². The Morgan fingerprint density at radius 3 is 0.333 bits per heavy atom. The molecule has 0 aliphatic carbocycles. The maximum Gasteiger partial charge on any atom is 4.00 e. The fourth-order valence-electron chi connectivity index (χ4n) is 0. The first-order valence-corrected chi connectivity index (χ1v) is 0. The van der Waals surface area contributed by atoms with Crippen molar-refractivity contribution in [1.82, 2.24) is 0 Å². The Balaban J connectivity index is 0. The summed E-state index contributed by atoms with van der Waals surface area (Å²) in [6, 6.07) is 0. The quantitative estimate of drug-likeness (QED) is 0.386. The predicted molar refractivity (Wildman–Crippen MR) is 29.0 cm³/mol. The molecule has 64 valence electrons. The number of halogens is 8. The number of rotatable bonds is 0. The van der Waals surface area contributed by atoms with Crippen molar-refractivity contribution in [2.24, 2.45) is 0 Å². The minimum absolute atomic E-state index is 0. The van der Waals surface area contributed by atoms with Crippen molar-refractivity contribution in [2.45, 2.75) is 0 Å². The molecule has 0 heterocycles. The van der Waals surface area contributed by atoms with E-state index in [1.54, 1.807) is 0 Å². The van der Waals surface area contributed by atoms with Gasteiger partial charge in [0.2, 0.25) is 0 Å². The van der Waals surface area contributed by atoms with Crippen LogP contribution in [0.1, 0.15) is 0 Å². The van der Waals surface area contributed by atoms with Gasteiger partial charge in [0.25, 0.3) is 0 Å². The summed E-state index contributed by atoms with van der Waals surface area (Å²) in [6.07, 6.45) is 0. The smallest absolute Gasteiger partial charge is 1.00 e. The Kier molecular flexibility index (Phi) is 2130. The molecule has 0 aliphatic heterocycles. The third-order valence-electron chi connectivity index (χ3n) is 0. The summed E-state index contributed by atoms with van der Waals surface area (Å²) in [5.74, 6) is 0. The van der Waals surface area contributed by atoms with E-state index in [-0.39, 0.29) is 121 Å². The molecule has 0 spiro atoms. The second-order valence-electron chi connectivity index (χ2n) is 0. The van der Waals surface area contributed by atoms with Crippen molar-refractivity contribution in [3.63, 3.8) is 0 Å². The average Bonchev–Trinajstić information content (AvgIpc) is 0. The Morgan fingerprint density at radius 1 is 0.333 bits per heavy atom. The van der Waals surface area contributed by atoms with Crippen molar-refractivity contribution in [3.8, 4) is 0 Å². The van der Waals surface area contributed by atoms with Gasteiger partial charge in [-0.1, -0.05) is 0 Å². The second-order valence-corrected chi connectivity index (χ2v) is 0. The van der Waals surface area contributed by atoms with Gasteiger partial charge in [-0.3, -0.25) is 0 Å². The standard InChI is InChI=1S/8ClH.Ti/h8*1H;/q;;;;;;;;+4/p-4. The van der Waals surface area contributed by atoms with Crippen LogP contribution in [0, 0.1) is 0 Å². The maximum absolute atomic E-state index is 0. The van der Waals surface area contributed by atoms with Crippen molar-refractivity contribution in [2.75, 3.05) is 0 Å². The van der Waals surface area contributed by atoms with E-state index in [2.05, 4.69) is 0 Å². The van der Waals surface area contributed by atoms with Crippen LogP contribution in [0.25, 0.3) is 0 Å².